The number of likely N-dealkylation sites (tertiary alicyclic amines) is 1. The fourth-order valence-electron chi connectivity index (χ4n) is 4.32. The van der Waals surface area contributed by atoms with Gasteiger partial charge in [0.2, 0.25) is 5.91 Å². The van der Waals surface area contributed by atoms with E-state index in [1.165, 1.54) is 38.5 Å². The molecule has 0 radical (unpaired) electrons. The summed E-state index contributed by atoms with van der Waals surface area (Å²) in [5, 5.41) is 4.56. The van der Waals surface area contributed by atoms with E-state index < -0.39 is 0 Å². The monoisotopic (exact) mass is 329 g/mol. The number of carbonyl (C=O) groups is 1. The Balaban J connectivity index is 1.44. The van der Waals surface area contributed by atoms with Gasteiger partial charge in [-0.1, -0.05) is 12.8 Å². The fraction of sp³-hybridized carbons (Fsp3) is 0.737. The average Bonchev–Trinajstić information content (AvgIpc) is 3.10. The minimum absolute atomic E-state index is 0.0468. The van der Waals surface area contributed by atoms with Gasteiger partial charge in [-0.3, -0.25) is 9.59 Å². The van der Waals surface area contributed by atoms with Gasteiger partial charge in [-0.05, 0) is 50.5 Å². The minimum atomic E-state index is -0.0468. The van der Waals surface area contributed by atoms with Gasteiger partial charge in [-0.2, -0.15) is 5.10 Å². The molecule has 2 aliphatic carbocycles. The smallest absolute Gasteiger partial charge is 0.266 e. The molecule has 1 aromatic heterocycles. The van der Waals surface area contributed by atoms with Crippen LogP contribution in [0.1, 0.15) is 69.4 Å². The molecule has 3 aliphatic rings. The van der Waals surface area contributed by atoms with Gasteiger partial charge in [0.05, 0.1) is 18.3 Å². The second kappa shape index (κ2) is 6.69. The zero-order chi connectivity index (χ0) is 16.5. The van der Waals surface area contributed by atoms with Crippen LogP contribution in [0.15, 0.2) is 16.9 Å². The van der Waals surface area contributed by atoms with Gasteiger partial charge >= 0.3 is 0 Å². The predicted molar refractivity (Wildman–Crippen MR) is 91.8 cm³/mol. The molecule has 0 aromatic carbocycles. The van der Waals surface area contributed by atoms with Crippen LogP contribution in [0, 0.1) is 5.92 Å². The molecule has 1 aromatic rings. The zero-order valence-electron chi connectivity index (χ0n) is 14.3. The molecule has 3 fully saturated rings. The van der Waals surface area contributed by atoms with E-state index in [4.69, 9.17) is 0 Å². The first-order valence-corrected chi connectivity index (χ1v) is 9.58. The van der Waals surface area contributed by atoms with Crippen molar-refractivity contribution in [1.82, 2.24) is 14.7 Å². The van der Waals surface area contributed by atoms with E-state index in [0.717, 1.165) is 25.1 Å². The third-order valence-electron chi connectivity index (χ3n) is 5.90. The Morgan fingerprint density at radius 1 is 1.08 bits per heavy atom. The molecule has 1 unspecified atom stereocenters. The Bertz CT molecular complexity index is 659. The summed E-state index contributed by atoms with van der Waals surface area (Å²) in [6.45, 7) is 1.39. The number of amides is 1. The Hall–Kier alpha value is -1.65. The summed E-state index contributed by atoms with van der Waals surface area (Å²) in [7, 11) is 0. The van der Waals surface area contributed by atoms with Gasteiger partial charge < -0.3 is 4.90 Å². The topological polar surface area (TPSA) is 55.2 Å². The molecule has 24 heavy (non-hydrogen) atoms. The van der Waals surface area contributed by atoms with Gasteiger partial charge in [0.1, 0.15) is 0 Å². The maximum Gasteiger partial charge on any atom is 0.266 e. The van der Waals surface area contributed by atoms with E-state index in [-0.39, 0.29) is 17.5 Å². The summed E-state index contributed by atoms with van der Waals surface area (Å²) in [6, 6.07) is 3.65. The van der Waals surface area contributed by atoms with Crippen molar-refractivity contribution in [2.75, 3.05) is 6.54 Å². The SMILES string of the molecule is O=C(CC1CCCC1)N1CCCC1Cn1nc(C2CC2)ccc1=O. The molecule has 130 valence electrons. The molecule has 5 nitrogen and oxygen atoms in total. The molecular weight excluding hydrogens is 302 g/mol. The number of nitrogens with zero attached hydrogens (tertiary/aromatic N) is 3. The Morgan fingerprint density at radius 2 is 1.88 bits per heavy atom. The lowest BCUT2D eigenvalue weighted by Gasteiger charge is -2.26. The molecule has 1 aliphatic heterocycles. The van der Waals surface area contributed by atoms with Crippen molar-refractivity contribution in [3.63, 3.8) is 0 Å². The largest absolute Gasteiger partial charge is 0.338 e. The van der Waals surface area contributed by atoms with Crippen LogP contribution >= 0.6 is 0 Å². The number of rotatable bonds is 5. The van der Waals surface area contributed by atoms with Crippen LogP contribution < -0.4 is 5.56 Å². The quantitative estimate of drug-likeness (QED) is 0.834. The molecule has 5 heteroatoms. The average molecular weight is 329 g/mol. The highest BCUT2D eigenvalue weighted by Crippen LogP contribution is 2.38. The Morgan fingerprint density at radius 3 is 2.62 bits per heavy atom. The van der Waals surface area contributed by atoms with Crippen molar-refractivity contribution < 1.29 is 4.79 Å². The third-order valence-corrected chi connectivity index (χ3v) is 5.90. The highest BCUT2D eigenvalue weighted by molar-refractivity contribution is 5.77. The maximum absolute atomic E-state index is 12.7. The van der Waals surface area contributed by atoms with Crippen molar-refractivity contribution in [3.8, 4) is 0 Å². The lowest BCUT2D eigenvalue weighted by atomic mass is 10.0. The van der Waals surface area contributed by atoms with Crippen molar-refractivity contribution in [2.45, 2.75) is 76.3 Å². The van der Waals surface area contributed by atoms with Crippen LogP contribution in [-0.4, -0.2) is 33.2 Å². The first-order chi connectivity index (χ1) is 11.7. The Labute approximate surface area is 143 Å². The summed E-state index contributed by atoms with van der Waals surface area (Å²) in [4.78, 5) is 26.9. The van der Waals surface area contributed by atoms with Gasteiger partial charge in [0.15, 0.2) is 0 Å². The van der Waals surface area contributed by atoms with Gasteiger partial charge in [0.25, 0.3) is 5.56 Å². The lowest BCUT2D eigenvalue weighted by Crippen LogP contribution is -2.41. The number of hydrogen-bond donors (Lipinski definition) is 0. The lowest BCUT2D eigenvalue weighted by molar-refractivity contribution is -0.133. The summed E-state index contributed by atoms with van der Waals surface area (Å²) in [6.07, 6.45) is 10.0. The zero-order valence-corrected chi connectivity index (χ0v) is 14.3. The van der Waals surface area contributed by atoms with Crippen molar-refractivity contribution in [2.24, 2.45) is 5.92 Å². The summed E-state index contributed by atoms with van der Waals surface area (Å²) < 4.78 is 1.60. The molecule has 0 bridgehead atoms. The normalized spacial score (nSPS) is 24.7. The standard InChI is InChI=1S/C19H27N3O2/c23-18-10-9-17(15-7-8-15)20-22(18)13-16-6-3-11-21(16)19(24)12-14-4-1-2-5-14/h9-10,14-16H,1-8,11-13H2. The van der Waals surface area contributed by atoms with Crippen molar-refractivity contribution in [1.29, 1.82) is 0 Å². The van der Waals surface area contributed by atoms with E-state index in [2.05, 4.69) is 5.10 Å². The summed E-state index contributed by atoms with van der Waals surface area (Å²) in [5.74, 6) is 1.41. The maximum atomic E-state index is 12.7. The van der Waals surface area contributed by atoms with Crippen molar-refractivity contribution in [3.05, 3.63) is 28.2 Å². The van der Waals surface area contributed by atoms with Crippen LogP contribution in [0.25, 0.3) is 0 Å². The van der Waals surface area contributed by atoms with Gasteiger partial charge in [0, 0.05) is 24.9 Å². The molecule has 0 N–H and O–H groups in total. The first-order valence-electron chi connectivity index (χ1n) is 9.58. The van der Waals surface area contributed by atoms with Crippen LogP contribution in [-0.2, 0) is 11.3 Å². The van der Waals surface area contributed by atoms with Crippen LogP contribution in [0.5, 0.6) is 0 Å². The predicted octanol–water partition coefficient (Wildman–Crippen LogP) is 2.69. The number of carbonyl (C=O) groups excluding carboxylic acids is 1. The third kappa shape index (κ3) is 3.40. The van der Waals surface area contributed by atoms with E-state index in [9.17, 15) is 9.59 Å². The first kappa shape index (κ1) is 15.9. The molecular formula is C19H27N3O2. The molecule has 2 saturated carbocycles. The number of hydrogen-bond acceptors (Lipinski definition) is 3. The Kier molecular flexibility index (Phi) is 4.42. The van der Waals surface area contributed by atoms with Crippen molar-refractivity contribution >= 4 is 5.91 Å². The van der Waals surface area contributed by atoms with Crippen LogP contribution in [0.4, 0.5) is 0 Å². The highest BCUT2D eigenvalue weighted by atomic mass is 16.2. The number of aromatic nitrogens is 2. The molecule has 4 rings (SSSR count). The van der Waals surface area contributed by atoms with E-state index in [1.807, 2.05) is 11.0 Å². The molecule has 1 saturated heterocycles. The molecule has 0 spiro atoms. The van der Waals surface area contributed by atoms with Crippen LogP contribution in [0.3, 0.4) is 0 Å². The summed E-state index contributed by atoms with van der Waals surface area (Å²) in [5.41, 5.74) is 0.992. The second-order valence-electron chi connectivity index (χ2n) is 7.79. The van der Waals surface area contributed by atoms with E-state index in [1.54, 1.807) is 10.7 Å². The molecule has 1 atom stereocenters. The van der Waals surface area contributed by atoms with Gasteiger partial charge in [-0.25, -0.2) is 4.68 Å². The fourth-order valence-corrected chi connectivity index (χ4v) is 4.32. The summed E-state index contributed by atoms with van der Waals surface area (Å²) >= 11 is 0. The minimum Gasteiger partial charge on any atom is -0.338 e. The second-order valence-corrected chi connectivity index (χ2v) is 7.79. The molecule has 2 heterocycles. The highest BCUT2D eigenvalue weighted by Gasteiger charge is 2.32. The molecule has 1 amide bonds. The van der Waals surface area contributed by atoms with E-state index in [0.29, 0.717) is 24.8 Å². The van der Waals surface area contributed by atoms with E-state index >= 15 is 0 Å². The van der Waals surface area contributed by atoms with Crippen LogP contribution in [0.2, 0.25) is 0 Å². The van der Waals surface area contributed by atoms with Gasteiger partial charge in [-0.15, -0.1) is 0 Å².